The normalized spacial score (nSPS) is 17.3. The lowest BCUT2D eigenvalue weighted by molar-refractivity contribution is 0.403. The van der Waals surface area contributed by atoms with Crippen LogP contribution in [0.2, 0.25) is 0 Å². The Hall–Kier alpha value is -6.78. The minimum Gasteiger partial charge on any atom is -0.311 e. The fourth-order valence-electron chi connectivity index (χ4n) is 14.0. The van der Waals surface area contributed by atoms with Gasteiger partial charge in [0.1, 0.15) is 0 Å². The molecule has 2 heterocycles. The minimum atomic E-state index is -0.0548. The van der Waals surface area contributed by atoms with E-state index in [2.05, 4.69) is 268 Å². The molecule has 0 spiro atoms. The lowest BCUT2D eigenvalue weighted by atomic mass is 9.33. The highest BCUT2D eigenvalue weighted by Gasteiger charge is 2.49. The highest BCUT2D eigenvalue weighted by Crippen LogP contribution is 2.56. The van der Waals surface area contributed by atoms with Gasteiger partial charge in [0.15, 0.2) is 0 Å². The Kier molecular flexibility index (Phi) is 9.98. The fourth-order valence-corrected chi connectivity index (χ4v) is 14.0. The van der Waals surface area contributed by atoms with Gasteiger partial charge in [-0.3, -0.25) is 0 Å². The van der Waals surface area contributed by atoms with E-state index in [9.17, 15) is 0 Å². The van der Waals surface area contributed by atoms with Gasteiger partial charge in [0.2, 0.25) is 0 Å². The molecule has 8 aromatic carbocycles. The van der Waals surface area contributed by atoms with Crippen molar-refractivity contribution < 1.29 is 0 Å². The topological polar surface area (TPSA) is 9.72 Å². The summed E-state index contributed by atoms with van der Waals surface area (Å²) in [4.78, 5) is 7.80. The number of aryl methyl sites for hydroxylation is 1. The van der Waals surface area contributed by atoms with Crippen molar-refractivity contribution in [1.82, 2.24) is 0 Å². The third-order valence-corrected chi connectivity index (χ3v) is 16.8. The van der Waals surface area contributed by atoms with Crippen LogP contribution in [0.5, 0.6) is 0 Å². The number of fused-ring (bicyclic) bond motifs is 6. The first-order valence-corrected chi connectivity index (χ1v) is 26.0. The molecule has 8 aromatic rings. The van der Waals surface area contributed by atoms with Crippen molar-refractivity contribution in [3.8, 4) is 11.1 Å². The first-order chi connectivity index (χ1) is 33.7. The second-order valence-electron chi connectivity index (χ2n) is 25.0. The van der Waals surface area contributed by atoms with Crippen LogP contribution >= 0.6 is 0 Å². The molecule has 0 aromatic heterocycles. The van der Waals surface area contributed by atoms with Gasteiger partial charge in [-0.1, -0.05) is 179 Å². The van der Waals surface area contributed by atoms with Crippen molar-refractivity contribution in [3.63, 3.8) is 0 Å². The molecule has 0 saturated heterocycles. The molecule has 0 amide bonds. The van der Waals surface area contributed by atoms with Crippen molar-refractivity contribution in [2.24, 2.45) is 0 Å². The van der Waals surface area contributed by atoms with Gasteiger partial charge in [-0.2, -0.15) is 0 Å². The molecule has 4 heteroatoms. The Morgan fingerprint density at radius 3 is 1.56 bits per heavy atom. The summed E-state index contributed by atoms with van der Waals surface area (Å²) in [6.45, 7) is 28.9. The van der Waals surface area contributed by atoms with E-state index in [0.717, 1.165) is 29.9 Å². The molecule has 71 heavy (non-hydrogen) atoms. The Bertz CT molecular complexity index is 3390. The van der Waals surface area contributed by atoms with Crippen LogP contribution in [0.3, 0.4) is 0 Å². The molecule has 0 bridgehead atoms. The highest BCUT2D eigenvalue weighted by atomic mass is 15.2. The van der Waals surface area contributed by atoms with E-state index >= 15 is 0 Å². The van der Waals surface area contributed by atoms with Crippen LogP contribution in [-0.2, 0) is 27.1 Å². The van der Waals surface area contributed by atoms with Crippen molar-refractivity contribution in [3.05, 3.63) is 203 Å². The first-order valence-electron chi connectivity index (χ1n) is 26.0. The molecule has 0 unspecified atom stereocenters. The summed E-state index contributed by atoms with van der Waals surface area (Å²) in [5.74, 6) is 0. The van der Waals surface area contributed by atoms with Crippen LogP contribution in [0.15, 0.2) is 170 Å². The largest absolute Gasteiger partial charge is 0.311 e. The zero-order valence-electron chi connectivity index (χ0n) is 44.0. The van der Waals surface area contributed by atoms with Crippen molar-refractivity contribution >= 4 is 74.3 Å². The van der Waals surface area contributed by atoms with E-state index in [0.29, 0.717) is 0 Å². The zero-order chi connectivity index (χ0) is 49.6. The SMILES string of the molecule is Cc1ccc(C(C)(C)C)cc1N1c2cc(-c3ccccc3)ccc2B2c3cc4c(cc3N(c3ccc5c(c3)C(C)(C)CC5(C)C)c3cc(N(c5ccccc5)c5ccccc5)cc1c32)C(C)(C)CC4(C)C. The maximum atomic E-state index is 2.69. The molecular formula is C67H68BN3. The number of rotatable bonds is 6. The predicted molar refractivity (Wildman–Crippen MR) is 305 cm³/mol. The summed E-state index contributed by atoms with van der Waals surface area (Å²) in [6.07, 6.45) is 2.22. The molecular weight excluding hydrogens is 858 g/mol. The van der Waals surface area contributed by atoms with Crippen LogP contribution in [0.25, 0.3) is 11.1 Å². The third-order valence-electron chi connectivity index (χ3n) is 16.8. The molecule has 354 valence electrons. The van der Waals surface area contributed by atoms with Gasteiger partial charge in [-0.25, -0.2) is 0 Å². The summed E-state index contributed by atoms with van der Waals surface area (Å²) in [7, 11) is 0. The Balaban J connectivity index is 1.25. The molecule has 0 saturated carbocycles. The second-order valence-corrected chi connectivity index (χ2v) is 25.0. The van der Waals surface area contributed by atoms with Gasteiger partial charge in [0, 0.05) is 45.5 Å². The maximum Gasteiger partial charge on any atom is 0.252 e. The molecule has 0 fully saturated rings. The summed E-state index contributed by atoms with van der Waals surface area (Å²) in [6, 6.07) is 65.2. The van der Waals surface area contributed by atoms with Crippen LogP contribution < -0.4 is 31.1 Å². The van der Waals surface area contributed by atoms with E-state index in [1.165, 1.54) is 95.0 Å². The number of hydrogen-bond donors (Lipinski definition) is 0. The minimum absolute atomic E-state index is 0.00956. The average Bonchev–Trinajstić information content (AvgIpc) is 3.64. The van der Waals surface area contributed by atoms with Crippen molar-refractivity contribution in [2.45, 2.75) is 123 Å². The van der Waals surface area contributed by atoms with Crippen LogP contribution in [0.4, 0.5) is 51.2 Å². The van der Waals surface area contributed by atoms with Crippen LogP contribution in [0.1, 0.15) is 122 Å². The highest BCUT2D eigenvalue weighted by molar-refractivity contribution is 7.00. The molecule has 2 aliphatic carbocycles. The summed E-state index contributed by atoms with van der Waals surface area (Å²) < 4.78 is 0. The summed E-state index contributed by atoms with van der Waals surface area (Å²) >= 11 is 0. The van der Waals surface area contributed by atoms with Crippen LogP contribution in [0, 0.1) is 6.92 Å². The number of benzene rings is 8. The van der Waals surface area contributed by atoms with Crippen LogP contribution in [-0.4, -0.2) is 6.71 Å². The van der Waals surface area contributed by atoms with Gasteiger partial charge in [-0.05, 0) is 174 Å². The fraction of sp³-hybridized carbons (Fsp3) is 0.284. The summed E-state index contributed by atoms with van der Waals surface area (Å²) in [5, 5.41) is 0. The number of hydrogen-bond acceptors (Lipinski definition) is 3. The maximum absolute atomic E-state index is 2.69. The number of anilines is 9. The Labute approximate surface area is 424 Å². The van der Waals surface area contributed by atoms with Crippen molar-refractivity contribution in [2.75, 3.05) is 14.7 Å². The molecule has 0 atom stereocenters. The van der Waals surface area contributed by atoms with Gasteiger partial charge < -0.3 is 14.7 Å². The van der Waals surface area contributed by atoms with Gasteiger partial charge >= 0.3 is 0 Å². The van der Waals surface area contributed by atoms with E-state index in [4.69, 9.17) is 0 Å². The standard InChI is InChI=1S/C67H68BN3/c1-43-28-30-46(63(2,3)4)35-57(43)71-58-34-45(44-22-16-13-17-23-44)29-33-55(58)68-56-39-53-54(67(11,12)42-66(53,9)10)40-59(56)70(49-31-32-51-52(36-49)65(7,8)41-64(51,5)6)60-37-50(38-61(71)62(60)68)69(47-24-18-14-19-25-47)48-26-20-15-21-27-48/h13-40H,41-42H2,1-12H3. The monoisotopic (exact) mass is 926 g/mol. The molecule has 0 N–H and O–H groups in total. The Morgan fingerprint density at radius 2 is 0.958 bits per heavy atom. The molecule has 12 rings (SSSR count). The van der Waals surface area contributed by atoms with E-state index in [1.54, 1.807) is 0 Å². The van der Waals surface area contributed by atoms with E-state index in [-0.39, 0.29) is 33.8 Å². The first kappa shape index (κ1) is 45.4. The Morgan fingerprint density at radius 1 is 0.423 bits per heavy atom. The lowest BCUT2D eigenvalue weighted by Gasteiger charge is -2.46. The van der Waals surface area contributed by atoms with Gasteiger partial charge in [0.05, 0.1) is 5.69 Å². The second kappa shape index (κ2) is 15.6. The quantitative estimate of drug-likeness (QED) is 0.154. The van der Waals surface area contributed by atoms with E-state index in [1.807, 2.05) is 0 Å². The van der Waals surface area contributed by atoms with Gasteiger partial charge in [0.25, 0.3) is 6.71 Å². The molecule has 2 aliphatic heterocycles. The molecule has 0 radical (unpaired) electrons. The lowest BCUT2D eigenvalue weighted by Crippen LogP contribution is -2.61. The summed E-state index contributed by atoms with van der Waals surface area (Å²) in [5.41, 5.74) is 25.8. The van der Waals surface area contributed by atoms with Gasteiger partial charge in [-0.15, -0.1) is 0 Å². The molecule has 4 aliphatic rings. The zero-order valence-corrected chi connectivity index (χ0v) is 44.0. The predicted octanol–water partition coefficient (Wildman–Crippen LogP) is 16.4. The molecule has 3 nitrogen and oxygen atoms in total. The van der Waals surface area contributed by atoms with E-state index < -0.39 is 0 Å². The number of para-hydroxylation sites is 2. The smallest absolute Gasteiger partial charge is 0.252 e. The third kappa shape index (κ3) is 7.14. The average molecular weight is 926 g/mol. The van der Waals surface area contributed by atoms with Crippen molar-refractivity contribution in [1.29, 1.82) is 0 Å². The number of nitrogens with zero attached hydrogens (tertiary/aromatic N) is 3.